The predicted octanol–water partition coefficient (Wildman–Crippen LogP) is 2.83. The van der Waals surface area contributed by atoms with Crippen LogP contribution in [0, 0.1) is 0 Å². The molecule has 0 N–H and O–H groups in total. The van der Waals surface area contributed by atoms with E-state index in [0.717, 1.165) is 25.1 Å². The van der Waals surface area contributed by atoms with Gasteiger partial charge in [-0.3, -0.25) is 4.79 Å². The second-order valence-electron chi connectivity index (χ2n) is 7.58. The minimum Gasteiger partial charge on any atom is -0.312 e. The van der Waals surface area contributed by atoms with E-state index < -0.39 is 10.0 Å². The monoisotopic (exact) mass is 441 g/mol. The highest BCUT2D eigenvalue weighted by molar-refractivity contribution is 7.89. The highest BCUT2D eigenvalue weighted by Gasteiger charge is 2.24. The smallest absolute Gasteiger partial charge is 0.243 e. The summed E-state index contributed by atoms with van der Waals surface area (Å²) >= 11 is 0. The first-order valence-electron chi connectivity index (χ1n) is 10.7. The summed E-state index contributed by atoms with van der Waals surface area (Å²) in [4.78, 5) is 15.0. The number of benzene rings is 2. The van der Waals surface area contributed by atoms with Gasteiger partial charge in [0.25, 0.3) is 0 Å². The summed E-state index contributed by atoms with van der Waals surface area (Å²) in [6.45, 7) is 5.55. The molecule has 31 heavy (non-hydrogen) atoms. The van der Waals surface area contributed by atoms with Gasteiger partial charge in [-0.25, -0.2) is 13.1 Å². The number of carbonyl (C=O) groups excluding carboxylic acids is 1. The molecule has 0 radical (unpaired) electrons. The van der Waals surface area contributed by atoms with Crippen LogP contribution in [-0.2, 0) is 27.8 Å². The van der Waals surface area contributed by atoms with E-state index in [1.165, 1.54) is 9.87 Å². The number of hydrogen-bond donors (Lipinski definition) is 0. The lowest BCUT2D eigenvalue weighted by atomic mass is 10.0. The number of aryl methyl sites for hydroxylation is 2. The van der Waals surface area contributed by atoms with Crippen molar-refractivity contribution in [1.29, 1.82) is 0 Å². The fraction of sp³-hybridized carbons (Fsp3) is 0.409. The number of sulfonamides is 1. The summed E-state index contributed by atoms with van der Waals surface area (Å²) in [5, 5.41) is 8.29. The Labute approximate surface area is 182 Å². The van der Waals surface area contributed by atoms with E-state index in [4.69, 9.17) is 0 Å². The average Bonchev–Trinajstić information content (AvgIpc) is 3.20. The van der Waals surface area contributed by atoms with E-state index in [0.29, 0.717) is 37.1 Å². The van der Waals surface area contributed by atoms with E-state index in [1.807, 2.05) is 36.9 Å². The number of rotatable bonds is 7. The summed E-state index contributed by atoms with van der Waals surface area (Å²) in [5.41, 5.74) is 3.41. The quantitative estimate of drug-likeness (QED) is 0.563. The second kappa shape index (κ2) is 8.76. The zero-order valence-corrected chi connectivity index (χ0v) is 18.7. The first kappa shape index (κ1) is 21.5. The Morgan fingerprint density at radius 3 is 2.68 bits per heavy atom. The van der Waals surface area contributed by atoms with E-state index in [9.17, 15) is 13.2 Å². The zero-order valence-electron chi connectivity index (χ0n) is 17.9. The van der Waals surface area contributed by atoms with Gasteiger partial charge in [0.15, 0.2) is 0 Å². The summed E-state index contributed by atoms with van der Waals surface area (Å²) < 4.78 is 28.6. The standard InChI is InChI=1S/C22H27N5O3S/c1-3-25(4-2)31(29,30)18-11-12-21-19(16-18)23-24-27(21)15-13-22(28)26-14-7-9-17-8-5-6-10-20(17)26/h5-6,8,10-12,16H,3-4,7,9,13-15H2,1-2H3. The molecule has 1 amide bonds. The van der Waals surface area contributed by atoms with Gasteiger partial charge in [-0.2, -0.15) is 4.31 Å². The van der Waals surface area contributed by atoms with Gasteiger partial charge in [0.05, 0.1) is 17.0 Å². The Balaban J connectivity index is 1.51. The van der Waals surface area contributed by atoms with E-state index >= 15 is 0 Å². The number of anilines is 1. The molecule has 0 atom stereocenters. The van der Waals surface area contributed by atoms with Crippen molar-refractivity contribution < 1.29 is 13.2 Å². The van der Waals surface area contributed by atoms with Crippen LogP contribution in [0.1, 0.15) is 32.3 Å². The van der Waals surface area contributed by atoms with Crippen LogP contribution < -0.4 is 4.90 Å². The Bertz CT molecular complexity index is 1200. The molecule has 2 aromatic carbocycles. The lowest BCUT2D eigenvalue weighted by Crippen LogP contribution is -2.35. The van der Waals surface area contributed by atoms with Crippen molar-refractivity contribution >= 4 is 32.7 Å². The van der Waals surface area contributed by atoms with E-state index in [2.05, 4.69) is 16.4 Å². The molecule has 0 aliphatic carbocycles. The SMILES string of the molecule is CCN(CC)S(=O)(=O)c1ccc2c(c1)nnn2CCC(=O)N1CCCc2ccccc21. The Hall–Kier alpha value is -2.78. The average molecular weight is 442 g/mol. The summed E-state index contributed by atoms with van der Waals surface area (Å²) in [7, 11) is -3.56. The Kier molecular flexibility index (Phi) is 6.06. The Morgan fingerprint density at radius 1 is 1.13 bits per heavy atom. The first-order valence-corrected chi connectivity index (χ1v) is 12.1. The molecule has 1 aliphatic rings. The molecule has 8 nitrogen and oxygen atoms in total. The number of carbonyl (C=O) groups is 1. The highest BCUT2D eigenvalue weighted by Crippen LogP contribution is 2.27. The highest BCUT2D eigenvalue weighted by atomic mass is 32.2. The van der Waals surface area contributed by atoms with Crippen LogP contribution in [0.2, 0.25) is 0 Å². The minimum absolute atomic E-state index is 0.0523. The van der Waals surface area contributed by atoms with Crippen molar-refractivity contribution in [1.82, 2.24) is 19.3 Å². The molecule has 2 heterocycles. The number of amides is 1. The zero-order chi connectivity index (χ0) is 22.0. The third-order valence-electron chi connectivity index (χ3n) is 5.78. The molecular weight excluding hydrogens is 414 g/mol. The molecule has 0 saturated carbocycles. The molecule has 0 unspecified atom stereocenters. The van der Waals surface area contributed by atoms with Crippen LogP contribution in [0.15, 0.2) is 47.4 Å². The van der Waals surface area contributed by atoms with Gasteiger partial charge in [0.1, 0.15) is 5.52 Å². The van der Waals surface area contributed by atoms with Gasteiger partial charge in [-0.05, 0) is 42.7 Å². The van der Waals surface area contributed by atoms with E-state index in [-0.39, 0.29) is 10.8 Å². The summed E-state index contributed by atoms with van der Waals surface area (Å²) in [6.07, 6.45) is 2.25. The predicted molar refractivity (Wildman–Crippen MR) is 119 cm³/mol. The van der Waals surface area contributed by atoms with Gasteiger partial charge < -0.3 is 4.90 Å². The molecule has 164 valence electrons. The molecule has 0 saturated heterocycles. The molecule has 9 heteroatoms. The van der Waals surface area contributed by atoms with Crippen LogP contribution in [0.3, 0.4) is 0 Å². The van der Waals surface area contributed by atoms with Crippen molar-refractivity contribution in [3.05, 3.63) is 48.0 Å². The van der Waals surface area contributed by atoms with Crippen molar-refractivity contribution in [2.75, 3.05) is 24.5 Å². The normalized spacial score (nSPS) is 14.2. The van der Waals surface area contributed by atoms with Gasteiger partial charge in [-0.15, -0.1) is 5.10 Å². The lowest BCUT2D eigenvalue weighted by molar-refractivity contribution is -0.118. The molecule has 1 aliphatic heterocycles. The van der Waals surface area contributed by atoms with Crippen molar-refractivity contribution in [2.45, 2.75) is 44.6 Å². The first-order chi connectivity index (χ1) is 15.0. The van der Waals surface area contributed by atoms with Crippen molar-refractivity contribution in [2.24, 2.45) is 0 Å². The van der Waals surface area contributed by atoms with Gasteiger partial charge in [0.2, 0.25) is 15.9 Å². The maximum atomic E-state index is 12.9. The summed E-state index contributed by atoms with van der Waals surface area (Å²) in [5.74, 6) is 0.0523. The maximum absolute atomic E-state index is 12.9. The van der Waals surface area contributed by atoms with Gasteiger partial charge >= 0.3 is 0 Å². The second-order valence-corrected chi connectivity index (χ2v) is 9.52. The van der Waals surface area contributed by atoms with Crippen molar-refractivity contribution in [3.8, 4) is 0 Å². The molecule has 4 rings (SSSR count). The fourth-order valence-electron chi connectivity index (χ4n) is 4.12. The molecule has 0 bridgehead atoms. The fourth-order valence-corrected chi connectivity index (χ4v) is 5.60. The van der Waals surface area contributed by atoms with Crippen LogP contribution in [-0.4, -0.2) is 53.3 Å². The number of aromatic nitrogens is 3. The number of fused-ring (bicyclic) bond motifs is 2. The summed E-state index contributed by atoms with van der Waals surface area (Å²) in [6, 6.07) is 12.9. The maximum Gasteiger partial charge on any atom is 0.243 e. The lowest BCUT2D eigenvalue weighted by Gasteiger charge is -2.29. The molecule has 0 spiro atoms. The third kappa shape index (κ3) is 4.07. The number of nitrogens with zero attached hydrogens (tertiary/aromatic N) is 5. The molecule has 3 aromatic rings. The van der Waals surface area contributed by atoms with E-state index in [1.54, 1.807) is 22.9 Å². The van der Waals surface area contributed by atoms with Crippen LogP contribution in [0.25, 0.3) is 11.0 Å². The van der Waals surface area contributed by atoms with Crippen LogP contribution >= 0.6 is 0 Å². The molecular formula is C22H27N5O3S. The van der Waals surface area contributed by atoms with Crippen LogP contribution in [0.5, 0.6) is 0 Å². The Morgan fingerprint density at radius 2 is 1.90 bits per heavy atom. The number of para-hydroxylation sites is 1. The molecule has 1 aromatic heterocycles. The largest absolute Gasteiger partial charge is 0.312 e. The molecule has 0 fully saturated rings. The minimum atomic E-state index is -3.56. The topological polar surface area (TPSA) is 88.4 Å². The van der Waals surface area contributed by atoms with Gasteiger partial charge in [0, 0.05) is 31.7 Å². The number of hydrogen-bond acceptors (Lipinski definition) is 5. The van der Waals surface area contributed by atoms with Crippen molar-refractivity contribution in [3.63, 3.8) is 0 Å². The van der Waals surface area contributed by atoms with Gasteiger partial charge in [-0.1, -0.05) is 37.3 Å². The van der Waals surface area contributed by atoms with Crippen LogP contribution in [0.4, 0.5) is 5.69 Å². The third-order valence-corrected chi connectivity index (χ3v) is 7.82.